The predicted molar refractivity (Wildman–Crippen MR) is 59.9 cm³/mol. The zero-order valence-corrected chi connectivity index (χ0v) is 8.54. The fraction of sp³-hybridized carbons (Fsp3) is 0.154. The van der Waals surface area contributed by atoms with E-state index in [2.05, 4.69) is 12.6 Å². The first kappa shape index (κ1) is 10.3. The number of aryl methyl sites for hydroxylation is 1. The van der Waals surface area contributed by atoms with E-state index in [9.17, 15) is 0 Å². The maximum atomic E-state index is 8.86. The highest BCUT2D eigenvalue weighted by atomic mass is 14.2. The van der Waals surface area contributed by atoms with Gasteiger partial charge in [-0.15, -0.1) is 0 Å². The number of hydrogen-bond donors (Lipinski definition) is 0. The molecule has 0 aliphatic heterocycles. The molecule has 1 aromatic rings. The number of nitriles is 1. The summed E-state index contributed by atoms with van der Waals surface area (Å²) < 4.78 is 0. The first-order chi connectivity index (χ1) is 6.70. The molecule has 0 aliphatic rings. The summed E-state index contributed by atoms with van der Waals surface area (Å²) in [7, 11) is 0. The maximum Gasteiger partial charge on any atom is 0.0994 e. The molecular weight excluding hydrogens is 170 g/mol. The number of nitrogens with zero attached hydrogens (tertiary/aromatic N) is 1. The van der Waals surface area contributed by atoms with Crippen LogP contribution in [0, 0.1) is 25.2 Å². The molecule has 0 bridgehead atoms. The van der Waals surface area contributed by atoms with Gasteiger partial charge in [0.15, 0.2) is 0 Å². The topological polar surface area (TPSA) is 23.8 Å². The van der Waals surface area contributed by atoms with E-state index in [0.29, 0.717) is 0 Å². The monoisotopic (exact) mass is 183 g/mol. The molecule has 0 aliphatic carbocycles. The van der Waals surface area contributed by atoms with Crippen molar-refractivity contribution < 1.29 is 0 Å². The molecule has 1 aromatic carbocycles. The Morgan fingerprint density at radius 3 is 2.64 bits per heavy atom. The highest BCUT2D eigenvalue weighted by Crippen LogP contribution is 2.19. The molecule has 0 unspecified atom stereocenters. The molecule has 0 saturated carbocycles. The van der Waals surface area contributed by atoms with Crippen LogP contribution in [0.25, 0.3) is 6.08 Å². The summed E-state index contributed by atoms with van der Waals surface area (Å²) in [6.07, 6.45) is 5.60. The lowest BCUT2D eigenvalue weighted by Crippen LogP contribution is -1.90. The van der Waals surface area contributed by atoms with Crippen molar-refractivity contribution in [1.29, 1.82) is 5.26 Å². The van der Waals surface area contributed by atoms with E-state index in [4.69, 9.17) is 5.26 Å². The lowest BCUT2D eigenvalue weighted by atomic mass is 9.98. The number of rotatable bonds is 2. The van der Waals surface area contributed by atoms with Crippen LogP contribution in [0.15, 0.2) is 30.9 Å². The summed E-state index contributed by atoms with van der Waals surface area (Å²) in [6.45, 7) is 7.63. The number of allylic oxidation sites excluding steroid dienone is 2. The van der Waals surface area contributed by atoms with E-state index in [1.54, 1.807) is 6.08 Å². The van der Waals surface area contributed by atoms with Crippen LogP contribution in [0.1, 0.15) is 22.3 Å². The second-order valence-corrected chi connectivity index (χ2v) is 3.18. The minimum absolute atomic E-state index is 0.735. The van der Waals surface area contributed by atoms with Crippen LogP contribution in [-0.4, -0.2) is 0 Å². The molecule has 70 valence electrons. The van der Waals surface area contributed by atoms with Gasteiger partial charge in [0.05, 0.1) is 11.6 Å². The SMILES string of the molecule is C=C/C=C\c1c(C)ccc(C#N)c1C. The molecular formula is C13H13N. The quantitative estimate of drug-likeness (QED) is 0.645. The smallest absolute Gasteiger partial charge is 0.0994 e. The van der Waals surface area contributed by atoms with Crippen LogP contribution in [0.4, 0.5) is 0 Å². The Bertz CT molecular complexity index is 420. The molecule has 0 atom stereocenters. The van der Waals surface area contributed by atoms with Crippen LogP contribution in [-0.2, 0) is 0 Å². The van der Waals surface area contributed by atoms with Gasteiger partial charge in [0.1, 0.15) is 0 Å². The van der Waals surface area contributed by atoms with E-state index < -0.39 is 0 Å². The van der Waals surface area contributed by atoms with Gasteiger partial charge in [-0.1, -0.05) is 30.9 Å². The normalized spacial score (nSPS) is 10.1. The summed E-state index contributed by atoms with van der Waals surface area (Å²) in [4.78, 5) is 0. The van der Waals surface area contributed by atoms with Gasteiger partial charge >= 0.3 is 0 Å². The van der Waals surface area contributed by atoms with Crippen molar-refractivity contribution in [1.82, 2.24) is 0 Å². The van der Waals surface area contributed by atoms with E-state index in [-0.39, 0.29) is 0 Å². The molecule has 0 fully saturated rings. The summed E-state index contributed by atoms with van der Waals surface area (Å²) in [6, 6.07) is 6.00. The van der Waals surface area contributed by atoms with Gasteiger partial charge in [-0.2, -0.15) is 5.26 Å². The lowest BCUT2D eigenvalue weighted by Gasteiger charge is -2.06. The standard InChI is InChI=1S/C13H13N/c1-4-5-6-13-10(2)7-8-12(9-14)11(13)3/h4-8H,1H2,2-3H3/b6-5-. The molecule has 0 N–H and O–H groups in total. The zero-order valence-electron chi connectivity index (χ0n) is 8.54. The van der Waals surface area contributed by atoms with Crippen molar-refractivity contribution in [2.45, 2.75) is 13.8 Å². The van der Waals surface area contributed by atoms with E-state index in [0.717, 1.165) is 16.7 Å². The van der Waals surface area contributed by atoms with Crippen LogP contribution in [0.3, 0.4) is 0 Å². The third-order valence-electron chi connectivity index (χ3n) is 2.25. The lowest BCUT2D eigenvalue weighted by molar-refractivity contribution is 1.32. The van der Waals surface area contributed by atoms with E-state index >= 15 is 0 Å². The highest BCUT2D eigenvalue weighted by Gasteiger charge is 2.03. The molecule has 14 heavy (non-hydrogen) atoms. The average molecular weight is 183 g/mol. The second kappa shape index (κ2) is 4.43. The first-order valence-electron chi connectivity index (χ1n) is 4.50. The van der Waals surface area contributed by atoms with Crippen molar-refractivity contribution in [2.24, 2.45) is 0 Å². The summed E-state index contributed by atoms with van der Waals surface area (Å²) >= 11 is 0. The summed E-state index contributed by atoms with van der Waals surface area (Å²) in [5, 5.41) is 8.86. The van der Waals surface area contributed by atoms with Gasteiger partial charge in [-0.25, -0.2) is 0 Å². The molecule has 1 rings (SSSR count). The first-order valence-corrected chi connectivity index (χ1v) is 4.50. The van der Waals surface area contributed by atoms with Gasteiger partial charge < -0.3 is 0 Å². The Balaban J connectivity index is 3.33. The molecule has 1 nitrogen and oxygen atoms in total. The van der Waals surface area contributed by atoms with Gasteiger partial charge in [0.25, 0.3) is 0 Å². The summed E-state index contributed by atoms with van der Waals surface area (Å²) in [5.41, 5.74) is 4.06. The highest BCUT2D eigenvalue weighted by molar-refractivity contribution is 5.62. The summed E-state index contributed by atoms with van der Waals surface area (Å²) in [5.74, 6) is 0. The van der Waals surface area contributed by atoms with Crippen molar-refractivity contribution in [3.05, 3.63) is 53.1 Å². The Hall–Kier alpha value is -1.81. The molecule has 0 amide bonds. The second-order valence-electron chi connectivity index (χ2n) is 3.18. The number of hydrogen-bond acceptors (Lipinski definition) is 1. The molecule has 0 heterocycles. The van der Waals surface area contributed by atoms with Gasteiger partial charge in [0.2, 0.25) is 0 Å². The van der Waals surface area contributed by atoms with E-state index in [1.807, 2.05) is 38.1 Å². The van der Waals surface area contributed by atoms with Crippen LogP contribution >= 0.6 is 0 Å². The Kier molecular flexibility index (Phi) is 3.25. The van der Waals surface area contributed by atoms with Crippen molar-refractivity contribution >= 4 is 6.08 Å². The van der Waals surface area contributed by atoms with Crippen LogP contribution in [0.2, 0.25) is 0 Å². The molecule has 0 radical (unpaired) electrons. The molecule has 1 heteroatoms. The van der Waals surface area contributed by atoms with Crippen molar-refractivity contribution in [3.63, 3.8) is 0 Å². The Labute approximate surface area is 85.0 Å². The minimum atomic E-state index is 0.735. The third kappa shape index (κ3) is 1.92. The fourth-order valence-electron chi connectivity index (χ4n) is 1.41. The van der Waals surface area contributed by atoms with Crippen LogP contribution < -0.4 is 0 Å². The van der Waals surface area contributed by atoms with Gasteiger partial charge in [0, 0.05) is 0 Å². The maximum absolute atomic E-state index is 8.86. The number of benzene rings is 1. The molecule has 0 spiro atoms. The third-order valence-corrected chi connectivity index (χ3v) is 2.25. The Morgan fingerprint density at radius 1 is 1.36 bits per heavy atom. The fourth-order valence-corrected chi connectivity index (χ4v) is 1.41. The van der Waals surface area contributed by atoms with Crippen LogP contribution in [0.5, 0.6) is 0 Å². The minimum Gasteiger partial charge on any atom is -0.192 e. The largest absolute Gasteiger partial charge is 0.192 e. The van der Waals surface area contributed by atoms with Gasteiger partial charge in [-0.05, 0) is 36.6 Å². The van der Waals surface area contributed by atoms with Crippen molar-refractivity contribution in [3.8, 4) is 6.07 Å². The van der Waals surface area contributed by atoms with Gasteiger partial charge in [-0.3, -0.25) is 0 Å². The van der Waals surface area contributed by atoms with Crippen molar-refractivity contribution in [2.75, 3.05) is 0 Å². The molecule has 0 saturated heterocycles. The predicted octanol–water partition coefficient (Wildman–Crippen LogP) is 3.37. The molecule has 0 aromatic heterocycles. The Morgan fingerprint density at radius 2 is 2.07 bits per heavy atom. The average Bonchev–Trinajstić information content (AvgIpc) is 2.18. The van der Waals surface area contributed by atoms with E-state index in [1.165, 1.54) is 5.56 Å². The zero-order chi connectivity index (χ0) is 10.6.